The molecule has 214 valence electrons. The lowest BCUT2D eigenvalue weighted by atomic mass is 9.63. The number of nitrogens with zero attached hydrogens (tertiary/aromatic N) is 1. The van der Waals surface area contributed by atoms with Gasteiger partial charge in [-0.3, -0.25) is 9.59 Å². The molecule has 0 fully saturated rings. The van der Waals surface area contributed by atoms with E-state index < -0.39 is 5.92 Å². The molecule has 0 aromatic heterocycles. The number of aryl methyl sites for hydroxylation is 1. The molecule has 0 unspecified atom stereocenters. The van der Waals surface area contributed by atoms with E-state index in [4.69, 9.17) is 15.9 Å². The Kier molecular flexibility index (Phi) is 7.72. The largest absolute Gasteiger partial charge is 0.490 e. The number of ether oxygens (including phenoxy) is 2. The summed E-state index contributed by atoms with van der Waals surface area (Å²) < 4.78 is 12.5. The number of rotatable bonds is 6. The maximum absolute atomic E-state index is 14.2. The molecule has 3 aliphatic rings. The molecule has 0 bridgehead atoms. The van der Waals surface area contributed by atoms with Crippen LogP contribution in [-0.4, -0.2) is 24.8 Å². The van der Waals surface area contributed by atoms with Crippen molar-refractivity contribution >= 4 is 33.2 Å². The summed E-state index contributed by atoms with van der Waals surface area (Å²) >= 11 is 3.78. The van der Waals surface area contributed by atoms with Crippen LogP contribution in [0.15, 0.2) is 63.4 Å². The first-order chi connectivity index (χ1) is 19.4. The van der Waals surface area contributed by atoms with Gasteiger partial charge in [0.25, 0.3) is 0 Å². The van der Waals surface area contributed by atoms with Gasteiger partial charge in [0.15, 0.2) is 23.1 Å². The number of hydrogen-bond donors (Lipinski definition) is 0. The molecule has 6 heteroatoms. The average Bonchev–Trinajstić information content (AvgIpc) is 2.87. The van der Waals surface area contributed by atoms with Gasteiger partial charge in [0, 0.05) is 51.5 Å². The van der Waals surface area contributed by atoms with Crippen molar-refractivity contribution in [3.63, 3.8) is 0 Å². The van der Waals surface area contributed by atoms with Gasteiger partial charge in [-0.05, 0) is 67.3 Å². The SMILES string of the molecule is C#CCOc1cc(Br)c(C2C3=C(CC(C)(C)CC3=O)N(c3ccc(C)cc3)C3=C2C(=O)CC(C)(C)C3)cc1OCC. The Bertz CT molecular complexity index is 1470. The lowest BCUT2D eigenvalue weighted by Crippen LogP contribution is -2.44. The predicted octanol–water partition coefficient (Wildman–Crippen LogP) is 8.06. The number of hydrogen-bond acceptors (Lipinski definition) is 5. The number of ketones is 2. The van der Waals surface area contributed by atoms with Crippen LogP contribution in [0.5, 0.6) is 11.5 Å². The van der Waals surface area contributed by atoms with Crippen LogP contribution in [0.3, 0.4) is 0 Å². The Hall–Kier alpha value is -3.30. The lowest BCUT2D eigenvalue weighted by molar-refractivity contribution is -0.119. The van der Waals surface area contributed by atoms with Crippen LogP contribution in [0.25, 0.3) is 0 Å². The van der Waals surface area contributed by atoms with E-state index in [0.29, 0.717) is 42.1 Å². The van der Waals surface area contributed by atoms with Crippen LogP contribution in [0, 0.1) is 30.1 Å². The van der Waals surface area contributed by atoms with Crippen LogP contribution >= 0.6 is 15.9 Å². The molecule has 2 aliphatic carbocycles. The molecule has 0 radical (unpaired) electrons. The van der Waals surface area contributed by atoms with Crippen LogP contribution in [0.1, 0.15) is 77.3 Å². The highest BCUT2D eigenvalue weighted by molar-refractivity contribution is 9.10. The maximum Gasteiger partial charge on any atom is 0.163 e. The fourth-order valence-corrected chi connectivity index (χ4v) is 7.11. The van der Waals surface area contributed by atoms with E-state index in [0.717, 1.165) is 45.5 Å². The van der Waals surface area contributed by atoms with Crippen molar-refractivity contribution in [2.75, 3.05) is 18.1 Å². The zero-order valence-corrected chi connectivity index (χ0v) is 26.4. The highest BCUT2D eigenvalue weighted by Gasteiger charge is 2.49. The van der Waals surface area contributed by atoms with Crippen molar-refractivity contribution in [3.05, 3.63) is 74.5 Å². The quantitative estimate of drug-likeness (QED) is 0.308. The van der Waals surface area contributed by atoms with Gasteiger partial charge in [-0.15, -0.1) is 6.42 Å². The standard InChI is InChI=1S/C35H38BrNO4/c1-8-14-41-30-16-24(36)23(15-29(30)40-9-2)31-32-25(17-34(4,5)19-27(32)38)37(22-12-10-21(3)11-13-22)26-18-35(6,7)20-28(39)33(26)31/h1,10-13,15-16,31H,9,14,17-20H2,2-7H3. The Labute approximate surface area is 252 Å². The minimum absolute atomic E-state index is 0.0834. The van der Waals surface area contributed by atoms with E-state index in [9.17, 15) is 9.59 Å². The van der Waals surface area contributed by atoms with Gasteiger partial charge in [0.2, 0.25) is 0 Å². The molecule has 0 N–H and O–H groups in total. The highest BCUT2D eigenvalue weighted by atomic mass is 79.9. The molecule has 0 saturated carbocycles. The summed E-state index contributed by atoms with van der Waals surface area (Å²) in [6.45, 7) is 13.1. The second kappa shape index (κ2) is 10.8. The number of Topliss-reactive ketones (excluding diaryl/α,β-unsaturated/α-hetero) is 2. The summed E-state index contributed by atoms with van der Waals surface area (Å²) in [5.41, 5.74) is 5.93. The minimum Gasteiger partial charge on any atom is -0.490 e. The number of carbonyl (C=O) groups excluding carboxylic acids is 2. The number of anilines is 1. The molecule has 0 saturated heterocycles. The van der Waals surface area contributed by atoms with Gasteiger partial charge < -0.3 is 14.4 Å². The summed E-state index contributed by atoms with van der Waals surface area (Å²) in [5, 5.41) is 0. The summed E-state index contributed by atoms with van der Waals surface area (Å²) in [4.78, 5) is 30.6. The third-order valence-corrected chi connectivity index (χ3v) is 8.87. The zero-order valence-electron chi connectivity index (χ0n) is 24.8. The fourth-order valence-electron chi connectivity index (χ4n) is 6.55. The molecule has 5 rings (SSSR count). The number of allylic oxidation sites excluding steroid dienone is 4. The van der Waals surface area contributed by atoms with Crippen molar-refractivity contribution in [2.45, 2.75) is 73.1 Å². The number of carbonyl (C=O) groups is 2. The van der Waals surface area contributed by atoms with Gasteiger partial charge in [0.1, 0.15) is 6.61 Å². The second-order valence-corrected chi connectivity index (χ2v) is 13.8. The summed E-state index contributed by atoms with van der Waals surface area (Å²) in [6.07, 6.45) is 7.75. The molecule has 2 aromatic rings. The molecule has 1 aliphatic heterocycles. The van der Waals surface area contributed by atoms with Crippen molar-refractivity contribution < 1.29 is 19.1 Å². The monoisotopic (exact) mass is 615 g/mol. The third kappa shape index (κ3) is 5.49. The summed E-state index contributed by atoms with van der Waals surface area (Å²) in [6, 6.07) is 12.1. The average molecular weight is 617 g/mol. The Balaban J connectivity index is 1.82. The van der Waals surface area contributed by atoms with Gasteiger partial charge in [-0.1, -0.05) is 67.2 Å². The molecule has 2 aromatic carbocycles. The van der Waals surface area contributed by atoms with E-state index in [2.05, 4.69) is 85.6 Å². The second-order valence-electron chi connectivity index (χ2n) is 13.0. The van der Waals surface area contributed by atoms with Crippen LogP contribution in [-0.2, 0) is 9.59 Å². The van der Waals surface area contributed by atoms with Gasteiger partial charge >= 0.3 is 0 Å². The number of terminal acetylenes is 1. The first-order valence-corrected chi connectivity index (χ1v) is 15.1. The topological polar surface area (TPSA) is 55.8 Å². The fraction of sp³-hybridized carbons (Fsp3) is 0.429. The smallest absolute Gasteiger partial charge is 0.163 e. The third-order valence-electron chi connectivity index (χ3n) is 8.19. The van der Waals surface area contributed by atoms with E-state index >= 15 is 0 Å². The zero-order chi connectivity index (χ0) is 29.7. The molecule has 41 heavy (non-hydrogen) atoms. The number of halogens is 1. The Morgan fingerprint density at radius 1 is 0.902 bits per heavy atom. The maximum atomic E-state index is 14.2. The molecule has 0 amide bonds. The molecule has 5 nitrogen and oxygen atoms in total. The normalized spacial score (nSPS) is 20.0. The van der Waals surface area contributed by atoms with Crippen LogP contribution in [0.4, 0.5) is 5.69 Å². The minimum atomic E-state index is -0.510. The van der Waals surface area contributed by atoms with Crippen molar-refractivity contribution in [1.82, 2.24) is 0 Å². The van der Waals surface area contributed by atoms with Crippen LogP contribution in [0.2, 0.25) is 0 Å². The lowest BCUT2D eigenvalue weighted by Gasteiger charge is -2.49. The summed E-state index contributed by atoms with van der Waals surface area (Å²) in [7, 11) is 0. The molecular formula is C35H38BrNO4. The van der Waals surface area contributed by atoms with Gasteiger partial charge in [-0.2, -0.15) is 0 Å². The van der Waals surface area contributed by atoms with E-state index in [1.165, 1.54) is 0 Å². The first kappa shape index (κ1) is 29.2. The van der Waals surface area contributed by atoms with Crippen molar-refractivity contribution in [3.8, 4) is 23.8 Å². The Morgan fingerprint density at radius 2 is 1.44 bits per heavy atom. The molecule has 0 atom stereocenters. The van der Waals surface area contributed by atoms with Gasteiger partial charge in [-0.25, -0.2) is 0 Å². The highest BCUT2D eigenvalue weighted by Crippen LogP contribution is 2.56. The molecular weight excluding hydrogens is 578 g/mol. The van der Waals surface area contributed by atoms with Crippen LogP contribution < -0.4 is 14.4 Å². The van der Waals surface area contributed by atoms with Gasteiger partial charge in [0.05, 0.1) is 6.61 Å². The first-order valence-electron chi connectivity index (χ1n) is 14.3. The summed E-state index contributed by atoms with van der Waals surface area (Å²) in [5.74, 6) is 3.22. The van der Waals surface area contributed by atoms with E-state index in [-0.39, 0.29) is 29.0 Å². The van der Waals surface area contributed by atoms with Crippen molar-refractivity contribution in [2.24, 2.45) is 10.8 Å². The van der Waals surface area contributed by atoms with E-state index in [1.54, 1.807) is 0 Å². The predicted molar refractivity (Wildman–Crippen MR) is 166 cm³/mol. The Morgan fingerprint density at radius 3 is 1.95 bits per heavy atom. The number of benzene rings is 2. The molecule has 1 heterocycles. The molecule has 0 spiro atoms. The van der Waals surface area contributed by atoms with Crippen molar-refractivity contribution in [1.29, 1.82) is 0 Å². The van der Waals surface area contributed by atoms with E-state index in [1.807, 2.05) is 19.1 Å².